The smallest absolute Gasteiger partial charge is 0.219 e. The van der Waals surface area contributed by atoms with Crippen molar-refractivity contribution in [2.75, 3.05) is 26.2 Å². The van der Waals surface area contributed by atoms with Crippen LogP contribution in [0.3, 0.4) is 0 Å². The van der Waals surface area contributed by atoms with Crippen LogP contribution in [0.1, 0.15) is 40.0 Å². The van der Waals surface area contributed by atoms with Crippen molar-refractivity contribution in [3.63, 3.8) is 0 Å². The van der Waals surface area contributed by atoms with Gasteiger partial charge in [-0.1, -0.05) is 20.8 Å². The first-order valence-electron chi connectivity index (χ1n) is 6.38. The number of nitrogens with zero attached hydrogens (tertiary/aromatic N) is 1. The number of aliphatic hydroxyl groups is 1. The number of hydrogen-bond donors (Lipinski definition) is 2. The van der Waals surface area contributed by atoms with E-state index in [1.165, 1.54) is 0 Å². The molecule has 0 radical (unpaired) electrons. The van der Waals surface area contributed by atoms with Crippen LogP contribution in [0.15, 0.2) is 0 Å². The van der Waals surface area contributed by atoms with Crippen LogP contribution in [-0.4, -0.2) is 48.2 Å². The molecule has 0 unspecified atom stereocenters. The van der Waals surface area contributed by atoms with E-state index >= 15 is 0 Å². The minimum absolute atomic E-state index is 0.144. The third-order valence-electron chi connectivity index (χ3n) is 2.69. The minimum atomic E-state index is 0.144. The number of β-amino-alcohol motifs (C(OH)–C–C–N with tert-alkyl or cyclic N) is 1. The summed E-state index contributed by atoms with van der Waals surface area (Å²) in [6.07, 6.45) is 2.58. The maximum Gasteiger partial charge on any atom is 0.219 e. The molecule has 0 atom stereocenters. The molecule has 1 aliphatic heterocycles. The van der Waals surface area contributed by atoms with Gasteiger partial charge in [0.1, 0.15) is 0 Å². The molecule has 0 aromatic heterocycles. The first-order chi connectivity index (χ1) is 7.76. The third-order valence-corrected chi connectivity index (χ3v) is 2.69. The number of hydrogen-bond acceptors (Lipinski definition) is 3. The number of piperidine rings is 1. The van der Waals surface area contributed by atoms with E-state index < -0.39 is 0 Å². The predicted molar refractivity (Wildman–Crippen MR) is 66.3 cm³/mol. The van der Waals surface area contributed by atoms with Gasteiger partial charge in [-0.2, -0.15) is 0 Å². The predicted octanol–water partition coefficient (Wildman–Crippen LogP) is 0.995. The highest BCUT2D eigenvalue weighted by molar-refractivity contribution is 5.75. The van der Waals surface area contributed by atoms with E-state index in [4.69, 9.17) is 5.11 Å². The van der Waals surface area contributed by atoms with Crippen LogP contribution in [0.4, 0.5) is 0 Å². The van der Waals surface area contributed by atoms with Crippen LogP contribution in [0, 0.1) is 0 Å². The van der Waals surface area contributed by atoms with Gasteiger partial charge in [-0.05, 0) is 12.8 Å². The van der Waals surface area contributed by atoms with E-state index in [-0.39, 0.29) is 12.5 Å². The molecule has 0 saturated carbocycles. The van der Waals surface area contributed by atoms with Crippen LogP contribution < -0.4 is 5.32 Å². The maximum absolute atomic E-state index is 11.1. The first-order valence-corrected chi connectivity index (χ1v) is 6.38. The second-order valence-corrected chi connectivity index (χ2v) is 3.76. The van der Waals surface area contributed by atoms with Crippen molar-refractivity contribution in [3.8, 4) is 0 Å². The van der Waals surface area contributed by atoms with Crippen molar-refractivity contribution in [3.05, 3.63) is 0 Å². The Kier molecular flexibility index (Phi) is 9.24. The monoisotopic (exact) mass is 230 g/mol. The van der Waals surface area contributed by atoms with E-state index in [0.29, 0.717) is 12.5 Å². The molecule has 1 fully saturated rings. The third kappa shape index (κ3) is 6.08. The molecule has 16 heavy (non-hydrogen) atoms. The number of rotatable bonds is 4. The molecule has 4 nitrogen and oxygen atoms in total. The minimum Gasteiger partial charge on any atom is -0.395 e. The van der Waals surface area contributed by atoms with Gasteiger partial charge >= 0.3 is 0 Å². The van der Waals surface area contributed by atoms with Gasteiger partial charge in [0.15, 0.2) is 0 Å². The van der Waals surface area contributed by atoms with E-state index in [1.807, 2.05) is 20.8 Å². The van der Waals surface area contributed by atoms with Crippen molar-refractivity contribution in [2.24, 2.45) is 0 Å². The molecule has 1 aliphatic rings. The lowest BCUT2D eigenvalue weighted by atomic mass is 10.1. The number of nitrogens with one attached hydrogen (secondary N) is 1. The summed E-state index contributed by atoms with van der Waals surface area (Å²) in [5, 5.41) is 11.8. The van der Waals surface area contributed by atoms with Crippen molar-refractivity contribution < 1.29 is 9.90 Å². The summed E-state index contributed by atoms with van der Waals surface area (Å²) in [5.74, 6) is 0.144. The standard InChI is InChI=1S/C10H20N2O2.C2H6/c1-2-10(14)11-9-3-5-12(6-4-9)7-8-13;1-2/h9,13H,2-8H2,1H3,(H,11,14);1-2H3. The van der Waals surface area contributed by atoms with Crippen molar-refractivity contribution in [2.45, 2.75) is 46.1 Å². The number of carbonyl (C=O) groups excluding carboxylic acids is 1. The fourth-order valence-corrected chi connectivity index (χ4v) is 1.77. The number of amides is 1. The van der Waals surface area contributed by atoms with Gasteiger partial charge in [-0.3, -0.25) is 4.79 Å². The van der Waals surface area contributed by atoms with Crippen LogP contribution >= 0.6 is 0 Å². The summed E-state index contributed by atoms with van der Waals surface area (Å²) in [5.41, 5.74) is 0. The molecule has 0 bridgehead atoms. The fourth-order valence-electron chi connectivity index (χ4n) is 1.77. The van der Waals surface area contributed by atoms with Crippen LogP contribution in [0.2, 0.25) is 0 Å². The van der Waals surface area contributed by atoms with Crippen LogP contribution in [0.5, 0.6) is 0 Å². The van der Waals surface area contributed by atoms with Gasteiger partial charge in [0, 0.05) is 32.1 Å². The summed E-state index contributed by atoms with van der Waals surface area (Å²) in [6, 6.07) is 0.345. The van der Waals surface area contributed by atoms with Gasteiger partial charge in [0.05, 0.1) is 6.61 Å². The lowest BCUT2D eigenvalue weighted by Crippen LogP contribution is -2.45. The highest BCUT2D eigenvalue weighted by Crippen LogP contribution is 2.09. The van der Waals surface area contributed by atoms with Gasteiger partial charge < -0.3 is 15.3 Å². The summed E-state index contributed by atoms with van der Waals surface area (Å²) in [7, 11) is 0. The maximum atomic E-state index is 11.1. The summed E-state index contributed by atoms with van der Waals surface area (Å²) >= 11 is 0. The Bertz CT molecular complexity index is 178. The molecule has 2 N–H and O–H groups in total. The van der Waals surface area contributed by atoms with Crippen molar-refractivity contribution in [1.82, 2.24) is 10.2 Å². The Morgan fingerprint density at radius 3 is 2.38 bits per heavy atom. The van der Waals surface area contributed by atoms with Gasteiger partial charge in [-0.25, -0.2) is 0 Å². The molecule has 1 rings (SSSR count). The van der Waals surface area contributed by atoms with Crippen LogP contribution in [-0.2, 0) is 4.79 Å². The number of likely N-dealkylation sites (tertiary alicyclic amines) is 1. The zero-order valence-electron chi connectivity index (χ0n) is 10.8. The van der Waals surface area contributed by atoms with Gasteiger partial charge in [0.25, 0.3) is 0 Å². The second kappa shape index (κ2) is 9.60. The first kappa shape index (κ1) is 15.4. The average Bonchev–Trinajstić information content (AvgIpc) is 2.34. The Labute approximate surface area is 99.0 Å². The van der Waals surface area contributed by atoms with E-state index in [2.05, 4.69) is 10.2 Å². The van der Waals surface area contributed by atoms with Gasteiger partial charge in [0.2, 0.25) is 5.91 Å². The van der Waals surface area contributed by atoms with Crippen molar-refractivity contribution in [1.29, 1.82) is 0 Å². The lowest BCUT2D eigenvalue weighted by molar-refractivity contribution is -0.121. The molecule has 4 heteroatoms. The molecular weight excluding hydrogens is 204 g/mol. The Morgan fingerprint density at radius 2 is 1.94 bits per heavy atom. The lowest BCUT2D eigenvalue weighted by Gasteiger charge is -2.31. The normalized spacial score (nSPS) is 17.5. The largest absolute Gasteiger partial charge is 0.395 e. The second-order valence-electron chi connectivity index (χ2n) is 3.76. The zero-order valence-corrected chi connectivity index (χ0v) is 10.8. The fraction of sp³-hybridized carbons (Fsp3) is 0.917. The topological polar surface area (TPSA) is 52.6 Å². The quantitative estimate of drug-likeness (QED) is 0.757. The number of carbonyl (C=O) groups is 1. The number of aliphatic hydroxyl groups excluding tert-OH is 1. The Balaban J connectivity index is 0.00000106. The molecule has 0 spiro atoms. The average molecular weight is 230 g/mol. The SMILES string of the molecule is CC.CCC(=O)NC1CCN(CCO)CC1. The summed E-state index contributed by atoms with van der Waals surface area (Å²) in [4.78, 5) is 13.4. The summed E-state index contributed by atoms with van der Waals surface area (Å²) in [6.45, 7) is 8.82. The molecule has 1 amide bonds. The van der Waals surface area contributed by atoms with Crippen molar-refractivity contribution >= 4 is 5.91 Å². The molecule has 0 aliphatic carbocycles. The highest BCUT2D eigenvalue weighted by atomic mass is 16.3. The van der Waals surface area contributed by atoms with Crippen LogP contribution in [0.25, 0.3) is 0 Å². The molecule has 96 valence electrons. The summed E-state index contributed by atoms with van der Waals surface area (Å²) < 4.78 is 0. The molecule has 1 heterocycles. The molecule has 0 aromatic carbocycles. The molecule has 1 saturated heterocycles. The van der Waals surface area contributed by atoms with E-state index in [9.17, 15) is 4.79 Å². The highest BCUT2D eigenvalue weighted by Gasteiger charge is 2.19. The molecular formula is C12H26N2O2. The zero-order chi connectivity index (χ0) is 12.4. The molecule has 0 aromatic rings. The Hall–Kier alpha value is -0.610. The van der Waals surface area contributed by atoms with E-state index in [0.717, 1.165) is 32.5 Å². The van der Waals surface area contributed by atoms with E-state index in [1.54, 1.807) is 0 Å². The Morgan fingerprint density at radius 1 is 1.38 bits per heavy atom. The van der Waals surface area contributed by atoms with Gasteiger partial charge in [-0.15, -0.1) is 0 Å².